The molecule has 0 saturated heterocycles. The molecule has 0 unspecified atom stereocenters. The molecule has 2 heterocycles. The number of nitrogens with one attached hydrogen (secondary N) is 2. The Kier molecular flexibility index (Phi) is 3.25. The van der Waals surface area contributed by atoms with E-state index in [-0.39, 0.29) is 11.9 Å². The van der Waals surface area contributed by atoms with Gasteiger partial charge in [-0.2, -0.15) is 0 Å². The molecule has 0 fully saturated rings. The van der Waals surface area contributed by atoms with Crippen molar-refractivity contribution < 1.29 is 9.59 Å². The van der Waals surface area contributed by atoms with Crippen LogP contribution in [0.2, 0.25) is 0 Å². The number of nitrogens with zero attached hydrogens (tertiary/aromatic N) is 1. The Bertz CT molecular complexity index is 663. The van der Waals surface area contributed by atoms with Crippen LogP contribution in [0.4, 0.5) is 4.79 Å². The molecule has 2 N–H and O–H groups in total. The van der Waals surface area contributed by atoms with Crippen molar-refractivity contribution in [2.75, 3.05) is 13.1 Å². The van der Waals surface area contributed by atoms with E-state index in [2.05, 4.69) is 17.2 Å². The summed E-state index contributed by atoms with van der Waals surface area (Å²) < 4.78 is 0. The van der Waals surface area contributed by atoms with Gasteiger partial charge in [0.2, 0.25) is 0 Å². The zero-order valence-corrected chi connectivity index (χ0v) is 11.8. The summed E-state index contributed by atoms with van der Waals surface area (Å²) in [4.78, 5) is 26.0. The van der Waals surface area contributed by atoms with Gasteiger partial charge < -0.3 is 15.5 Å². The second-order valence-corrected chi connectivity index (χ2v) is 5.31. The van der Waals surface area contributed by atoms with Crippen LogP contribution in [-0.4, -0.2) is 29.9 Å². The molecular weight excluding hydrogens is 266 g/mol. The molecule has 0 aromatic heterocycles. The van der Waals surface area contributed by atoms with Crippen LogP contribution in [0, 0.1) is 6.92 Å². The van der Waals surface area contributed by atoms with Crippen molar-refractivity contribution in [3.8, 4) is 0 Å². The second-order valence-electron chi connectivity index (χ2n) is 5.31. The number of carbonyl (C=O) groups is 2. The van der Waals surface area contributed by atoms with Crippen LogP contribution < -0.4 is 10.6 Å². The van der Waals surface area contributed by atoms with Gasteiger partial charge in [-0.3, -0.25) is 4.79 Å². The molecule has 0 aliphatic carbocycles. The lowest BCUT2D eigenvalue weighted by molar-refractivity contribution is -0.125. The van der Waals surface area contributed by atoms with Crippen LogP contribution in [-0.2, 0) is 4.79 Å². The van der Waals surface area contributed by atoms with Gasteiger partial charge in [0.15, 0.2) is 0 Å². The third-order valence-electron chi connectivity index (χ3n) is 3.75. The Morgan fingerprint density at radius 3 is 2.95 bits per heavy atom. The highest BCUT2D eigenvalue weighted by atomic mass is 16.2. The summed E-state index contributed by atoms with van der Waals surface area (Å²) in [7, 11) is 0. The largest absolute Gasteiger partial charge is 0.329 e. The van der Waals surface area contributed by atoms with Gasteiger partial charge in [-0.15, -0.1) is 6.58 Å². The predicted octanol–water partition coefficient (Wildman–Crippen LogP) is 1.63. The summed E-state index contributed by atoms with van der Waals surface area (Å²) in [6.45, 7) is 6.55. The fourth-order valence-corrected chi connectivity index (χ4v) is 2.83. The van der Waals surface area contributed by atoms with Crippen molar-refractivity contribution in [1.29, 1.82) is 0 Å². The fraction of sp³-hybridized carbons (Fsp3) is 0.250. The van der Waals surface area contributed by atoms with Crippen molar-refractivity contribution in [3.05, 3.63) is 59.3 Å². The van der Waals surface area contributed by atoms with E-state index in [1.54, 1.807) is 11.0 Å². The second kappa shape index (κ2) is 5.09. The summed E-state index contributed by atoms with van der Waals surface area (Å²) in [6.07, 6.45) is 1.69. The molecule has 0 bridgehead atoms. The molecule has 108 valence electrons. The van der Waals surface area contributed by atoms with E-state index < -0.39 is 6.04 Å². The highest BCUT2D eigenvalue weighted by Gasteiger charge is 2.39. The lowest BCUT2D eigenvalue weighted by Crippen LogP contribution is -2.44. The number of urea groups is 1. The topological polar surface area (TPSA) is 61.4 Å². The van der Waals surface area contributed by atoms with Crippen LogP contribution in [0.5, 0.6) is 0 Å². The monoisotopic (exact) mass is 283 g/mol. The van der Waals surface area contributed by atoms with Gasteiger partial charge in [-0.05, 0) is 12.5 Å². The van der Waals surface area contributed by atoms with Crippen molar-refractivity contribution in [2.24, 2.45) is 0 Å². The summed E-state index contributed by atoms with van der Waals surface area (Å²) in [6, 6.07) is 7.17. The molecule has 3 amide bonds. The maximum Gasteiger partial charge on any atom is 0.319 e. The molecule has 0 spiro atoms. The van der Waals surface area contributed by atoms with Gasteiger partial charge in [0.05, 0.1) is 23.9 Å². The first-order valence-electron chi connectivity index (χ1n) is 6.87. The van der Waals surface area contributed by atoms with Gasteiger partial charge in [0.25, 0.3) is 5.91 Å². The van der Waals surface area contributed by atoms with Crippen molar-refractivity contribution in [1.82, 2.24) is 15.5 Å². The van der Waals surface area contributed by atoms with Crippen LogP contribution in [0.15, 0.2) is 48.2 Å². The van der Waals surface area contributed by atoms with Gasteiger partial charge in [-0.25, -0.2) is 4.79 Å². The quantitative estimate of drug-likeness (QED) is 0.828. The normalized spacial score (nSPS) is 21.0. The first kappa shape index (κ1) is 13.4. The van der Waals surface area contributed by atoms with E-state index in [0.717, 1.165) is 11.1 Å². The molecule has 2 aliphatic heterocycles. The Labute approximate surface area is 123 Å². The zero-order valence-electron chi connectivity index (χ0n) is 11.8. The standard InChI is InChI=1S/C16H17N3O2/c1-3-7-19-9-12-13(15(19)20)14(18-16(21)17-12)11-6-4-5-10(2)8-11/h3-6,8,14H,1,7,9H2,2H3,(H2,17,18,21)/t14-/m1/s1. The maximum atomic E-state index is 12.5. The van der Waals surface area contributed by atoms with E-state index in [1.807, 2.05) is 31.2 Å². The zero-order chi connectivity index (χ0) is 15.0. The number of aryl methyl sites for hydroxylation is 1. The molecule has 0 radical (unpaired) electrons. The SMILES string of the molecule is C=CCN1CC2=C(C1=O)[C@@H](c1cccc(C)c1)NC(=O)N2. The molecule has 5 nitrogen and oxygen atoms in total. The fourth-order valence-electron chi connectivity index (χ4n) is 2.83. The average Bonchev–Trinajstić information content (AvgIpc) is 2.75. The van der Waals surface area contributed by atoms with Gasteiger partial charge in [0.1, 0.15) is 0 Å². The average molecular weight is 283 g/mol. The molecule has 0 saturated carbocycles. The Morgan fingerprint density at radius 2 is 2.24 bits per heavy atom. The number of amides is 3. The first-order valence-corrected chi connectivity index (χ1v) is 6.87. The highest BCUT2D eigenvalue weighted by Crippen LogP contribution is 2.32. The number of rotatable bonds is 3. The Hall–Kier alpha value is -2.56. The molecule has 5 heteroatoms. The molecular formula is C16H17N3O2. The van der Waals surface area contributed by atoms with Crippen LogP contribution in [0.25, 0.3) is 0 Å². The van der Waals surface area contributed by atoms with Gasteiger partial charge in [-0.1, -0.05) is 35.9 Å². The Morgan fingerprint density at radius 1 is 1.43 bits per heavy atom. The highest BCUT2D eigenvalue weighted by molar-refractivity contribution is 6.01. The van der Waals surface area contributed by atoms with Crippen LogP contribution >= 0.6 is 0 Å². The third-order valence-corrected chi connectivity index (χ3v) is 3.75. The minimum absolute atomic E-state index is 0.0519. The van der Waals surface area contributed by atoms with Crippen molar-refractivity contribution in [3.63, 3.8) is 0 Å². The Balaban J connectivity index is 2.00. The molecule has 21 heavy (non-hydrogen) atoms. The van der Waals surface area contributed by atoms with Crippen molar-refractivity contribution in [2.45, 2.75) is 13.0 Å². The van der Waals surface area contributed by atoms with E-state index in [4.69, 9.17) is 0 Å². The summed E-state index contributed by atoms with van der Waals surface area (Å²) in [5.41, 5.74) is 3.33. The minimum Gasteiger partial charge on any atom is -0.329 e. The predicted molar refractivity (Wildman–Crippen MR) is 79.4 cm³/mol. The third kappa shape index (κ3) is 2.31. The lowest BCUT2D eigenvalue weighted by Gasteiger charge is -2.25. The van der Waals surface area contributed by atoms with Gasteiger partial charge >= 0.3 is 6.03 Å². The van der Waals surface area contributed by atoms with E-state index in [9.17, 15) is 9.59 Å². The summed E-state index contributed by atoms with van der Waals surface area (Å²) in [5.74, 6) is -0.0519. The number of hydrogen-bond donors (Lipinski definition) is 2. The lowest BCUT2D eigenvalue weighted by atomic mass is 9.95. The smallest absolute Gasteiger partial charge is 0.319 e. The number of hydrogen-bond acceptors (Lipinski definition) is 2. The van der Waals surface area contributed by atoms with Crippen LogP contribution in [0.1, 0.15) is 17.2 Å². The molecule has 3 rings (SSSR count). The molecule has 1 aromatic rings. The summed E-state index contributed by atoms with van der Waals surface area (Å²) in [5, 5.41) is 5.59. The minimum atomic E-state index is -0.393. The van der Waals surface area contributed by atoms with Gasteiger partial charge in [0, 0.05) is 6.54 Å². The summed E-state index contributed by atoms with van der Waals surface area (Å²) >= 11 is 0. The van der Waals surface area contributed by atoms with E-state index in [0.29, 0.717) is 24.4 Å². The molecule has 1 aromatic carbocycles. The first-order chi connectivity index (χ1) is 10.1. The van der Waals surface area contributed by atoms with E-state index >= 15 is 0 Å². The molecule has 2 aliphatic rings. The number of carbonyl (C=O) groups excluding carboxylic acids is 2. The maximum absolute atomic E-state index is 12.5. The van der Waals surface area contributed by atoms with E-state index in [1.165, 1.54) is 0 Å². The molecule has 1 atom stereocenters. The van der Waals surface area contributed by atoms with Crippen molar-refractivity contribution >= 4 is 11.9 Å². The number of benzene rings is 1. The van der Waals surface area contributed by atoms with Crippen LogP contribution in [0.3, 0.4) is 0 Å².